The van der Waals surface area contributed by atoms with Crippen LogP contribution in [0.25, 0.3) is 11.1 Å². The molecule has 3 heterocycles. The van der Waals surface area contributed by atoms with Crippen molar-refractivity contribution in [2.45, 2.75) is 26.3 Å². The van der Waals surface area contributed by atoms with Crippen LogP contribution in [0, 0.1) is 6.92 Å². The van der Waals surface area contributed by atoms with Crippen LogP contribution in [0.4, 0.5) is 0 Å². The maximum atomic E-state index is 12.7. The van der Waals surface area contributed by atoms with Gasteiger partial charge in [0.15, 0.2) is 11.3 Å². The van der Waals surface area contributed by atoms with Crippen LogP contribution < -0.4 is 5.76 Å². The zero-order chi connectivity index (χ0) is 19.0. The Balaban J connectivity index is 1.48. The summed E-state index contributed by atoms with van der Waals surface area (Å²) in [5.74, 6) is -0.583. The molecule has 140 valence electrons. The van der Waals surface area contributed by atoms with Gasteiger partial charge in [-0.05, 0) is 25.5 Å². The highest BCUT2D eigenvalue weighted by molar-refractivity contribution is 5.94. The molecule has 0 radical (unpaired) electrons. The Kier molecular flexibility index (Phi) is 4.27. The van der Waals surface area contributed by atoms with E-state index in [1.807, 2.05) is 0 Å². The largest absolute Gasteiger partial charge is 0.419 e. The molecule has 2 amide bonds. The summed E-state index contributed by atoms with van der Waals surface area (Å²) in [6.07, 6.45) is 0.758. The summed E-state index contributed by atoms with van der Waals surface area (Å²) >= 11 is 0. The fraction of sp³-hybridized carbons (Fsp3) is 0.333. The molecule has 1 saturated heterocycles. The first-order valence-electron chi connectivity index (χ1n) is 8.68. The molecule has 9 nitrogen and oxygen atoms in total. The Morgan fingerprint density at radius 2 is 1.96 bits per heavy atom. The summed E-state index contributed by atoms with van der Waals surface area (Å²) in [5, 5.41) is 6.53. The van der Waals surface area contributed by atoms with Gasteiger partial charge in [-0.15, -0.1) is 0 Å². The molecule has 0 aliphatic carbocycles. The van der Waals surface area contributed by atoms with Crippen molar-refractivity contribution in [2.24, 2.45) is 0 Å². The van der Waals surface area contributed by atoms with Crippen molar-refractivity contribution in [3.8, 4) is 0 Å². The van der Waals surface area contributed by atoms with Crippen LogP contribution in [-0.2, 0) is 11.3 Å². The topological polar surface area (TPSA) is 102 Å². The number of nitrogens with zero attached hydrogens (tertiary/aromatic N) is 4. The molecule has 1 aliphatic rings. The maximum absolute atomic E-state index is 12.7. The van der Waals surface area contributed by atoms with E-state index in [0.29, 0.717) is 36.4 Å². The number of aryl methyl sites for hydroxylation is 2. The zero-order valence-corrected chi connectivity index (χ0v) is 14.8. The molecule has 1 aromatic carbocycles. The lowest BCUT2D eigenvalue weighted by Crippen LogP contribution is -2.45. The van der Waals surface area contributed by atoms with Gasteiger partial charge in [-0.1, -0.05) is 17.3 Å². The Labute approximate surface area is 153 Å². The average molecular weight is 370 g/mol. The van der Waals surface area contributed by atoms with Crippen LogP contribution >= 0.6 is 0 Å². The molecule has 1 fully saturated rings. The first-order valence-corrected chi connectivity index (χ1v) is 8.68. The Hall–Kier alpha value is -3.36. The number of benzene rings is 1. The third kappa shape index (κ3) is 3.12. The maximum Gasteiger partial charge on any atom is 0.419 e. The summed E-state index contributed by atoms with van der Waals surface area (Å²) in [5.41, 5.74) is 1.29. The number of amides is 2. The number of hydrazine groups is 1. The fourth-order valence-electron chi connectivity index (χ4n) is 3.24. The molecule has 1 aliphatic heterocycles. The van der Waals surface area contributed by atoms with E-state index in [9.17, 15) is 14.4 Å². The number of hydrogen-bond acceptors (Lipinski definition) is 6. The quantitative estimate of drug-likeness (QED) is 0.691. The molecule has 0 unspecified atom stereocenters. The van der Waals surface area contributed by atoms with Crippen molar-refractivity contribution >= 4 is 22.9 Å². The summed E-state index contributed by atoms with van der Waals surface area (Å²) in [6.45, 7) is 2.76. The summed E-state index contributed by atoms with van der Waals surface area (Å²) in [4.78, 5) is 37.3. The highest BCUT2D eigenvalue weighted by atomic mass is 16.5. The van der Waals surface area contributed by atoms with Crippen LogP contribution in [-0.4, -0.2) is 44.6 Å². The van der Waals surface area contributed by atoms with Crippen LogP contribution in [0.2, 0.25) is 0 Å². The lowest BCUT2D eigenvalue weighted by Gasteiger charge is -2.27. The number of rotatable bonds is 4. The molecule has 3 aromatic rings. The van der Waals surface area contributed by atoms with E-state index in [1.54, 1.807) is 37.3 Å². The molecule has 9 heteroatoms. The second-order valence-corrected chi connectivity index (χ2v) is 6.36. The first-order chi connectivity index (χ1) is 13.0. The van der Waals surface area contributed by atoms with Crippen LogP contribution in [0.15, 0.2) is 44.1 Å². The molecule has 27 heavy (non-hydrogen) atoms. The van der Waals surface area contributed by atoms with Gasteiger partial charge in [-0.3, -0.25) is 19.2 Å². The molecule has 0 saturated carbocycles. The van der Waals surface area contributed by atoms with E-state index in [4.69, 9.17) is 8.94 Å². The predicted molar refractivity (Wildman–Crippen MR) is 93.7 cm³/mol. The Morgan fingerprint density at radius 3 is 2.74 bits per heavy atom. The van der Waals surface area contributed by atoms with Gasteiger partial charge in [0, 0.05) is 32.1 Å². The minimum Gasteiger partial charge on any atom is -0.408 e. The van der Waals surface area contributed by atoms with Gasteiger partial charge in [0.05, 0.1) is 5.52 Å². The summed E-state index contributed by atoms with van der Waals surface area (Å²) in [6, 6.07) is 8.59. The predicted octanol–water partition coefficient (Wildman–Crippen LogP) is 1.57. The van der Waals surface area contributed by atoms with E-state index < -0.39 is 5.76 Å². The second-order valence-electron chi connectivity index (χ2n) is 6.36. The number of oxazole rings is 1. The van der Waals surface area contributed by atoms with Crippen molar-refractivity contribution in [3.63, 3.8) is 0 Å². The molecule has 0 atom stereocenters. The van der Waals surface area contributed by atoms with Gasteiger partial charge in [-0.25, -0.2) is 9.80 Å². The third-order valence-corrected chi connectivity index (χ3v) is 4.52. The van der Waals surface area contributed by atoms with Gasteiger partial charge >= 0.3 is 5.76 Å². The number of aromatic nitrogens is 2. The van der Waals surface area contributed by atoms with Crippen LogP contribution in [0.1, 0.15) is 29.1 Å². The average Bonchev–Trinajstić information content (AvgIpc) is 3.37. The number of para-hydroxylation sites is 2. The van der Waals surface area contributed by atoms with Crippen molar-refractivity contribution in [1.29, 1.82) is 0 Å². The number of carbonyl (C=O) groups is 2. The summed E-state index contributed by atoms with van der Waals surface area (Å²) in [7, 11) is 0. The molecule has 4 rings (SSSR count). The zero-order valence-electron chi connectivity index (χ0n) is 14.8. The van der Waals surface area contributed by atoms with Gasteiger partial charge in [0.25, 0.3) is 5.91 Å². The van der Waals surface area contributed by atoms with E-state index in [0.717, 1.165) is 0 Å². The molecule has 0 N–H and O–H groups in total. The number of fused-ring (bicyclic) bond motifs is 1. The Bertz CT molecular complexity index is 1060. The monoisotopic (exact) mass is 370 g/mol. The third-order valence-electron chi connectivity index (χ3n) is 4.52. The van der Waals surface area contributed by atoms with Crippen molar-refractivity contribution in [2.75, 3.05) is 13.1 Å². The smallest absolute Gasteiger partial charge is 0.408 e. The molecule has 2 aromatic heterocycles. The molecule has 0 spiro atoms. The lowest BCUT2D eigenvalue weighted by molar-refractivity contribution is -0.140. The number of carbonyl (C=O) groups excluding carboxylic acids is 2. The van der Waals surface area contributed by atoms with Gasteiger partial charge < -0.3 is 8.94 Å². The second kappa shape index (κ2) is 6.75. The van der Waals surface area contributed by atoms with Gasteiger partial charge in [0.2, 0.25) is 5.91 Å². The SMILES string of the molecule is Cc1cc(C(=O)N2CCCN2C(=O)CCn2c(=O)oc3ccccc32)no1. The Morgan fingerprint density at radius 1 is 1.19 bits per heavy atom. The van der Waals surface area contributed by atoms with Crippen LogP contribution in [0.5, 0.6) is 0 Å². The van der Waals surface area contributed by atoms with Gasteiger partial charge in [0.1, 0.15) is 5.76 Å². The van der Waals surface area contributed by atoms with E-state index in [2.05, 4.69) is 5.16 Å². The standard InChI is InChI=1S/C18H18N4O5/c1-12-11-13(19-27-12)17(24)22-9-4-8-21(22)16(23)7-10-20-14-5-2-3-6-15(14)26-18(20)25/h2-3,5-6,11H,4,7-10H2,1H3. The van der Waals surface area contributed by atoms with Crippen molar-refractivity contribution in [3.05, 3.63) is 52.3 Å². The van der Waals surface area contributed by atoms with Gasteiger partial charge in [-0.2, -0.15) is 0 Å². The first kappa shape index (κ1) is 17.1. The fourth-order valence-corrected chi connectivity index (χ4v) is 3.24. The lowest BCUT2D eigenvalue weighted by atomic mass is 10.3. The van der Waals surface area contributed by atoms with E-state index in [1.165, 1.54) is 14.6 Å². The minimum absolute atomic E-state index is 0.0745. The van der Waals surface area contributed by atoms with Crippen molar-refractivity contribution < 1.29 is 18.5 Å². The highest BCUT2D eigenvalue weighted by Crippen LogP contribution is 2.17. The number of hydrogen-bond donors (Lipinski definition) is 0. The van der Waals surface area contributed by atoms with E-state index >= 15 is 0 Å². The molecular weight excluding hydrogens is 352 g/mol. The molecular formula is C18H18N4O5. The minimum atomic E-state index is -0.503. The van der Waals surface area contributed by atoms with E-state index in [-0.39, 0.29) is 30.5 Å². The highest BCUT2D eigenvalue weighted by Gasteiger charge is 2.32. The molecule has 0 bridgehead atoms. The normalized spacial score (nSPS) is 14.3. The van der Waals surface area contributed by atoms with Crippen molar-refractivity contribution in [1.82, 2.24) is 19.7 Å². The van der Waals surface area contributed by atoms with Crippen LogP contribution in [0.3, 0.4) is 0 Å². The summed E-state index contributed by atoms with van der Waals surface area (Å²) < 4.78 is 11.5.